The van der Waals surface area contributed by atoms with Gasteiger partial charge in [-0.1, -0.05) is 0 Å². The summed E-state index contributed by atoms with van der Waals surface area (Å²) in [5, 5.41) is 3.06. The molecule has 0 saturated carbocycles. The molecule has 0 radical (unpaired) electrons. The Bertz CT molecular complexity index is 292. The molecule has 0 aliphatic carbocycles. The molecule has 0 bridgehead atoms. The Balaban J connectivity index is 2.49. The molecule has 1 heterocycles. The van der Waals surface area contributed by atoms with Crippen LogP contribution >= 0.6 is 0 Å². The Morgan fingerprint density at radius 3 is 3.00 bits per heavy atom. The first-order valence-electron chi connectivity index (χ1n) is 5.02. The number of rotatable bonds is 6. The molecule has 0 aliphatic rings. The van der Waals surface area contributed by atoms with Gasteiger partial charge in [-0.3, -0.25) is 0 Å². The molecule has 0 aliphatic heterocycles. The van der Waals surface area contributed by atoms with Crippen molar-refractivity contribution in [3.63, 3.8) is 0 Å². The van der Waals surface area contributed by atoms with Crippen LogP contribution in [0.4, 0.5) is 0 Å². The van der Waals surface area contributed by atoms with Crippen LogP contribution in [0.25, 0.3) is 0 Å². The van der Waals surface area contributed by atoms with E-state index in [0.717, 1.165) is 12.1 Å². The van der Waals surface area contributed by atoms with E-state index in [9.17, 15) is 0 Å². The van der Waals surface area contributed by atoms with Gasteiger partial charge in [-0.15, -0.1) is 0 Å². The molecular formula is C11H18N2O2. The Hall–Kier alpha value is -1.13. The van der Waals surface area contributed by atoms with Crippen LogP contribution in [0.5, 0.6) is 5.88 Å². The minimum Gasteiger partial charge on any atom is -0.481 e. The van der Waals surface area contributed by atoms with Gasteiger partial charge in [-0.25, -0.2) is 4.98 Å². The fourth-order valence-corrected chi connectivity index (χ4v) is 1.30. The highest BCUT2D eigenvalue weighted by Gasteiger charge is 2.05. The van der Waals surface area contributed by atoms with Gasteiger partial charge in [0.25, 0.3) is 0 Å². The molecule has 0 fully saturated rings. The molecule has 1 unspecified atom stereocenters. The maximum Gasteiger partial charge on any atom is 0.218 e. The van der Waals surface area contributed by atoms with Gasteiger partial charge in [0.1, 0.15) is 0 Å². The number of hydrogen-bond acceptors (Lipinski definition) is 4. The fourth-order valence-electron chi connectivity index (χ4n) is 1.30. The second kappa shape index (κ2) is 6.37. The van der Waals surface area contributed by atoms with Crippen LogP contribution in [0.2, 0.25) is 0 Å². The van der Waals surface area contributed by atoms with Gasteiger partial charge in [-0.2, -0.15) is 0 Å². The topological polar surface area (TPSA) is 43.4 Å². The lowest BCUT2D eigenvalue weighted by atomic mass is 10.3. The zero-order valence-corrected chi connectivity index (χ0v) is 9.49. The molecule has 4 heteroatoms. The molecule has 0 aromatic carbocycles. The van der Waals surface area contributed by atoms with E-state index in [-0.39, 0.29) is 6.10 Å². The van der Waals surface area contributed by atoms with E-state index >= 15 is 0 Å². The molecule has 1 N–H and O–H groups in total. The van der Waals surface area contributed by atoms with Crippen molar-refractivity contribution in [3.05, 3.63) is 23.9 Å². The van der Waals surface area contributed by atoms with Crippen LogP contribution < -0.4 is 10.1 Å². The van der Waals surface area contributed by atoms with E-state index in [2.05, 4.69) is 10.3 Å². The lowest BCUT2D eigenvalue weighted by Gasteiger charge is -2.13. The molecule has 15 heavy (non-hydrogen) atoms. The van der Waals surface area contributed by atoms with Crippen LogP contribution in [-0.4, -0.2) is 31.8 Å². The quantitative estimate of drug-likeness (QED) is 0.766. The van der Waals surface area contributed by atoms with Crippen molar-refractivity contribution in [2.45, 2.75) is 19.6 Å². The van der Waals surface area contributed by atoms with Gasteiger partial charge in [0, 0.05) is 18.3 Å². The predicted molar refractivity (Wildman–Crippen MR) is 59.0 cm³/mol. The number of pyridine rings is 1. The number of nitrogens with zero attached hydrogens (tertiary/aromatic N) is 1. The lowest BCUT2D eigenvalue weighted by molar-refractivity contribution is 0.0530. The second-order valence-electron chi connectivity index (χ2n) is 3.35. The minimum atomic E-state index is 0.180. The summed E-state index contributed by atoms with van der Waals surface area (Å²) in [6.45, 7) is 3.39. The van der Waals surface area contributed by atoms with Crippen LogP contribution in [0, 0.1) is 0 Å². The third kappa shape index (κ3) is 3.85. The molecule has 0 saturated heterocycles. The highest BCUT2D eigenvalue weighted by Crippen LogP contribution is 2.15. The monoisotopic (exact) mass is 210 g/mol. The summed E-state index contributed by atoms with van der Waals surface area (Å²) >= 11 is 0. The molecule has 1 aromatic heterocycles. The molecule has 84 valence electrons. The normalized spacial score (nSPS) is 12.5. The number of nitrogens with one attached hydrogen (secondary N) is 1. The summed E-state index contributed by atoms with van der Waals surface area (Å²) < 4.78 is 10.8. The van der Waals surface area contributed by atoms with Crippen LogP contribution in [0.15, 0.2) is 18.3 Å². The zero-order valence-electron chi connectivity index (χ0n) is 9.49. The first-order valence-corrected chi connectivity index (χ1v) is 5.02. The summed E-state index contributed by atoms with van der Waals surface area (Å²) in [6, 6.07) is 3.84. The van der Waals surface area contributed by atoms with Gasteiger partial charge in [0.05, 0.1) is 19.8 Å². The Morgan fingerprint density at radius 2 is 2.33 bits per heavy atom. The minimum absolute atomic E-state index is 0.180. The number of aromatic nitrogens is 1. The first kappa shape index (κ1) is 11.9. The smallest absolute Gasteiger partial charge is 0.218 e. The SMILES string of the molecule is CNCC(C)OCc1cccnc1OC. The average molecular weight is 210 g/mol. The number of ether oxygens (including phenoxy) is 2. The van der Waals surface area contributed by atoms with Crippen LogP contribution in [0.3, 0.4) is 0 Å². The van der Waals surface area contributed by atoms with Crippen molar-refractivity contribution in [3.8, 4) is 5.88 Å². The van der Waals surface area contributed by atoms with Gasteiger partial charge in [0.15, 0.2) is 0 Å². The highest BCUT2D eigenvalue weighted by molar-refractivity contribution is 5.24. The second-order valence-corrected chi connectivity index (χ2v) is 3.35. The van der Waals surface area contributed by atoms with Crippen molar-refractivity contribution >= 4 is 0 Å². The molecule has 4 nitrogen and oxygen atoms in total. The predicted octanol–water partition coefficient (Wildman–Crippen LogP) is 1.21. The van der Waals surface area contributed by atoms with E-state index < -0.39 is 0 Å². The number of methoxy groups -OCH3 is 1. The largest absolute Gasteiger partial charge is 0.481 e. The number of hydrogen-bond donors (Lipinski definition) is 1. The fraction of sp³-hybridized carbons (Fsp3) is 0.545. The lowest BCUT2D eigenvalue weighted by Crippen LogP contribution is -2.23. The highest BCUT2D eigenvalue weighted by atomic mass is 16.5. The van der Waals surface area contributed by atoms with Crippen LogP contribution in [-0.2, 0) is 11.3 Å². The van der Waals surface area contributed by atoms with Gasteiger partial charge in [0.2, 0.25) is 5.88 Å². The van der Waals surface area contributed by atoms with E-state index in [4.69, 9.17) is 9.47 Å². The molecule has 0 amide bonds. The maximum absolute atomic E-state index is 5.63. The first-order chi connectivity index (χ1) is 7.27. The maximum atomic E-state index is 5.63. The molecule has 1 aromatic rings. The van der Waals surface area contributed by atoms with Crippen molar-refractivity contribution < 1.29 is 9.47 Å². The number of likely N-dealkylation sites (N-methyl/N-ethyl adjacent to an activating group) is 1. The zero-order chi connectivity index (χ0) is 11.1. The molecular weight excluding hydrogens is 192 g/mol. The van der Waals surface area contributed by atoms with Crippen molar-refractivity contribution in [1.29, 1.82) is 0 Å². The Labute approximate surface area is 90.6 Å². The van der Waals surface area contributed by atoms with Crippen molar-refractivity contribution in [2.24, 2.45) is 0 Å². The summed E-state index contributed by atoms with van der Waals surface area (Å²) in [6.07, 6.45) is 1.89. The summed E-state index contributed by atoms with van der Waals surface area (Å²) in [5.74, 6) is 0.633. The summed E-state index contributed by atoms with van der Waals surface area (Å²) in [5.41, 5.74) is 0.975. The third-order valence-electron chi connectivity index (χ3n) is 2.06. The van der Waals surface area contributed by atoms with E-state index in [0.29, 0.717) is 12.5 Å². The standard InChI is InChI=1S/C11H18N2O2/c1-9(7-12-2)15-8-10-5-4-6-13-11(10)14-3/h4-6,9,12H,7-8H2,1-3H3. The molecule has 1 atom stereocenters. The third-order valence-corrected chi connectivity index (χ3v) is 2.06. The molecule has 1 rings (SSSR count). The Kier molecular flexibility index (Phi) is 5.07. The Morgan fingerprint density at radius 1 is 1.53 bits per heavy atom. The van der Waals surface area contributed by atoms with Crippen LogP contribution in [0.1, 0.15) is 12.5 Å². The summed E-state index contributed by atoms with van der Waals surface area (Å²) in [7, 11) is 3.52. The van der Waals surface area contributed by atoms with E-state index in [1.807, 2.05) is 26.1 Å². The summed E-state index contributed by atoms with van der Waals surface area (Å²) in [4.78, 5) is 4.10. The average Bonchev–Trinajstić information content (AvgIpc) is 2.27. The van der Waals surface area contributed by atoms with Gasteiger partial charge in [-0.05, 0) is 26.1 Å². The molecule has 0 spiro atoms. The van der Waals surface area contributed by atoms with Crippen molar-refractivity contribution in [1.82, 2.24) is 10.3 Å². The van der Waals surface area contributed by atoms with E-state index in [1.54, 1.807) is 13.3 Å². The van der Waals surface area contributed by atoms with Crippen molar-refractivity contribution in [2.75, 3.05) is 20.7 Å². The van der Waals surface area contributed by atoms with Gasteiger partial charge < -0.3 is 14.8 Å². The van der Waals surface area contributed by atoms with Gasteiger partial charge >= 0.3 is 0 Å². The van der Waals surface area contributed by atoms with E-state index in [1.165, 1.54) is 0 Å².